The molecule has 5 nitrogen and oxygen atoms in total. The topological polar surface area (TPSA) is 62.8 Å². The summed E-state index contributed by atoms with van der Waals surface area (Å²) >= 11 is 3.60. The van der Waals surface area contributed by atoms with E-state index in [0.29, 0.717) is 12.4 Å². The normalized spacial score (nSPS) is 17.8. The average Bonchev–Trinajstić information content (AvgIpc) is 2.85. The predicted octanol–water partition coefficient (Wildman–Crippen LogP) is 6.10. The fourth-order valence-corrected chi connectivity index (χ4v) is 4.58. The summed E-state index contributed by atoms with van der Waals surface area (Å²) in [4.78, 5) is 0. The molecule has 3 N–H and O–H groups in total. The lowest BCUT2D eigenvalue weighted by Crippen LogP contribution is -2.39. The van der Waals surface area contributed by atoms with Crippen molar-refractivity contribution in [3.8, 4) is 17.2 Å². The highest BCUT2D eigenvalue weighted by Crippen LogP contribution is 2.38. The molecule has 2 atom stereocenters. The van der Waals surface area contributed by atoms with Crippen molar-refractivity contribution in [1.29, 1.82) is 0 Å². The number of aromatic hydroxyl groups is 1. The van der Waals surface area contributed by atoms with Gasteiger partial charge in [0, 0.05) is 11.3 Å². The van der Waals surface area contributed by atoms with Crippen molar-refractivity contribution in [2.45, 2.75) is 32.5 Å². The summed E-state index contributed by atoms with van der Waals surface area (Å²) < 4.78 is 11.9. The van der Waals surface area contributed by atoms with Gasteiger partial charge >= 0.3 is 0 Å². The molecule has 0 fully saturated rings. The van der Waals surface area contributed by atoms with Gasteiger partial charge in [-0.1, -0.05) is 49.4 Å². The number of hydrogen-bond donors (Lipinski definition) is 3. The smallest absolute Gasteiger partial charge is 0.162 e. The number of rotatable bonds is 7. The highest BCUT2D eigenvalue weighted by atomic mass is 79.9. The molecule has 6 heteroatoms. The van der Waals surface area contributed by atoms with E-state index in [-0.39, 0.29) is 18.0 Å². The van der Waals surface area contributed by atoms with Gasteiger partial charge in [-0.05, 0) is 70.2 Å². The minimum Gasteiger partial charge on any atom is -0.504 e. The molecule has 2 unspecified atom stereocenters. The number of phenols is 1. The second-order valence-electron chi connectivity index (χ2n) is 7.87. The van der Waals surface area contributed by atoms with Crippen LogP contribution in [0.2, 0.25) is 0 Å². The van der Waals surface area contributed by atoms with Crippen LogP contribution >= 0.6 is 15.9 Å². The molecule has 0 spiro atoms. The third-order valence-electron chi connectivity index (χ3n) is 5.83. The summed E-state index contributed by atoms with van der Waals surface area (Å²) in [6, 6.07) is 20.0. The molecule has 3 aromatic carbocycles. The lowest BCUT2D eigenvalue weighted by Gasteiger charge is -2.33. The van der Waals surface area contributed by atoms with Gasteiger partial charge in [0.1, 0.15) is 11.9 Å². The molecule has 0 bridgehead atoms. The lowest BCUT2D eigenvalue weighted by molar-refractivity contribution is 0.314. The fraction of sp³-hybridized carbons (Fsp3) is 0.259. The summed E-state index contributed by atoms with van der Waals surface area (Å²) in [5.74, 6) is 1.42. The van der Waals surface area contributed by atoms with Crippen LogP contribution in [0, 0.1) is 0 Å². The number of hydrogen-bond acceptors (Lipinski definition) is 5. The molecule has 33 heavy (non-hydrogen) atoms. The Morgan fingerprint density at radius 3 is 2.45 bits per heavy atom. The van der Waals surface area contributed by atoms with Crippen molar-refractivity contribution < 1.29 is 14.6 Å². The zero-order chi connectivity index (χ0) is 23.4. The van der Waals surface area contributed by atoms with Crippen molar-refractivity contribution in [3.05, 3.63) is 93.5 Å². The van der Waals surface area contributed by atoms with E-state index in [1.54, 1.807) is 13.2 Å². The molecule has 1 heterocycles. The van der Waals surface area contributed by atoms with Crippen LogP contribution in [0.4, 0.5) is 0 Å². The number of ether oxygens (including phenoxy) is 2. The number of nitrogens with one attached hydrogen (secondary N) is 2. The number of methoxy groups -OCH3 is 1. The molecule has 0 aromatic heterocycles. The van der Waals surface area contributed by atoms with E-state index in [2.05, 4.69) is 63.8 Å². The minimum absolute atomic E-state index is 0.158. The average molecular weight is 509 g/mol. The van der Waals surface area contributed by atoms with Gasteiger partial charge in [0.25, 0.3) is 0 Å². The number of para-hydroxylation sites is 1. The lowest BCUT2D eigenvalue weighted by atomic mass is 9.97. The first-order chi connectivity index (χ1) is 16.0. The van der Waals surface area contributed by atoms with E-state index in [9.17, 15) is 5.11 Å². The SMILES string of the molecule is CCOc1cccc(C2C=C(c3ccc(CC)cc3)NC(c3ccc(OC)c(Br)c3)N2)c1O. The Hall–Kier alpha value is -2.96. The Labute approximate surface area is 203 Å². The van der Waals surface area contributed by atoms with E-state index < -0.39 is 0 Å². The van der Waals surface area contributed by atoms with Gasteiger partial charge in [-0.3, -0.25) is 5.32 Å². The summed E-state index contributed by atoms with van der Waals surface area (Å²) in [7, 11) is 1.65. The Morgan fingerprint density at radius 1 is 1.00 bits per heavy atom. The first-order valence-electron chi connectivity index (χ1n) is 11.2. The van der Waals surface area contributed by atoms with Crippen LogP contribution in [0.15, 0.2) is 71.2 Å². The van der Waals surface area contributed by atoms with E-state index in [0.717, 1.165) is 39.0 Å². The van der Waals surface area contributed by atoms with Crippen LogP contribution in [0.5, 0.6) is 17.2 Å². The number of benzene rings is 3. The quantitative estimate of drug-likeness (QED) is 0.360. The van der Waals surface area contributed by atoms with Crippen LogP contribution in [-0.4, -0.2) is 18.8 Å². The standard InChI is InChI=1S/C27H29BrN2O3/c1-4-17-9-11-18(12-10-17)22-16-23(20-7-6-8-25(26(20)31)33-5-2)30-27(29-22)19-13-14-24(32-3)21(28)15-19/h6-16,23,27,29-31H,4-5H2,1-3H3. The van der Waals surface area contributed by atoms with Gasteiger partial charge in [0.15, 0.2) is 11.5 Å². The van der Waals surface area contributed by atoms with Crippen LogP contribution in [-0.2, 0) is 6.42 Å². The largest absolute Gasteiger partial charge is 0.504 e. The third-order valence-corrected chi connectivity index (χ3v) is 6.45. The molecular weight excluding hydrogens is 480 g/mol. The van der Waals surface area contributed by atoms with Crippen molar-refractivity contribution >= 4 is 21.6 Å². The van der Waals surface area contributed by atoms with E-state index in [1.807, 2.05) is 37.3 Å². The Bertz CT molecular complexity index is 1140. The predicted molar refractivity (Wildman–Crippen MR) is 136 cm³/mol. The summed E-state index contributed by atoms with van der Waals surface area (Å²) in [6.45, 7) is 4.55. The van der Waals surface area contributed by atoms with Gasteiger partial charge in [0.2, 0.25) is 0 Å². The van der Waals surface area contributed by atoms with Gasteiger partial charge in [0.05, 0.1) is 24.2 Å². The molecular formula is C27H29BrN2O3. The molecule has 0 saturated heterocycles. The van der Waals surface area contributed by atoms with Crippen LogP contribution in [0.3, 0.4) is 0 Å². The molecule has 0 aliphatic carbocycles. The Morgan fingerprint density at radius 2 is 1.79 bits per heavy atom. The zero-order valence-corrected chi connectivity index (χ0v) is 20.6. The highest BCUT2D eigenvalue weighted by Gasteiger charge is 2.27. The maximum Gasteiger partial charge on any atom is 0.162 e. The van der Waals surface area contributed by atoms with Crippen molar-refractivity contribution in [2.24, 2.45) is 0 Å². The fourth-order valence-electron chi connectivity index (χ4n) is 4.02. The van der Waals surface area contributed by atoms with Gasteiger partial charge in [-0.15, -0.1) is 0 Å². The maximum absolute atomic E-state index is 10.9. The molecule has 1 aliphatic heterocycles. The molecule has 0 radical (unpaired) electrons. The summed E-state index contributed by atoms with van der Waals surface area (Å²) in [6.07, 6.45) is 2.93. The van der Waals surface area contributed by atoms with Crippen molar-refractivity contribution in [1.82, 2.24) is 10.6 Å². The molecule has 0 amide bonds. The Balaban J connectivity index is 1.75. The van der Waals surface area contributed by atoms with E-state index in [1.165, 1.54) is 5.56 Å². The van der Waals surface area contributed by atoms with Crippen LogP contribution in [0.25, 0.3) is 5.70 Å². The summed E-state index contributed by atoms with van der Waals surface area (Å²) in [5, 5.41) is 18.2. The monoisotopic (exact) mass is 508 g/mol. The van der Waals surface area contributed by atoms with Crippen LogP contribution < -0.4 is 20.1 Å². The third kappa shape index (κ3) is 5.02. The first-order valence-corrected chi connectivity index (χ1v) is 11.9. The molecule has 172 valence electrons. The van der Waals surface area contributed by atoms with Gasteiger partial charge in [-0.25, -0.2) is 0 Å². The maximum atomic E-state index is 10.9. The zero-order valence-electron chi connectivity index (χ0n) is 19.1. The van der Waals surface area contributed by atoms with Gasteiger partial charge < -0.3 is 19.9 Å². The minimum atomic E-state index is -0.224. The van der Waals surface area contributed by atoms with Crippen molar-refractivity contribution in [2.75, 3.05) is 13.7 Å². The highest BCUT2D eigenvalue weighted by molar-refractivity contribution is 9.10. The second kappa shape index (κ2) is 10.3. The molecule has 1 aliphatic rings. The molecule has 3 aromatic rings. The van der Waals surface area contributed by atoms with Crippen LogP contribution in [0.1, 0.15) is 48.3 Å². The number of halogens is 1. The summed E-state index contributed by atoms with van der Waals surface area (Å²) in [5.41, 5.74) is 5.20. The van der Waals surface area contributed by atoms with Crippen molar-refractivity contribution in [3.63, 3.8) is 0 Å². The van der Waals surface area contributed by atoms with E-state index in [4.69, 9.17) is 9.47 Å². The number of aryl methyl sites for hydroxylation is 1. The van der Waals surface area contributed by atoms with E-state index >= 15 is 0 Å². The molecule has 4 rings (SSSR count). The second-order valence-corrected chi connectivity index (χ2v) is 8.73. The first kappa shape index (κ1) is 23.2. The molecule has 0 saturated carbocycles. The van der Waals surface area contributed by atoms with Gasteiger partial charge in [-0.2, -0.15) is 0 Å². The Kier molecular flexibility index (Phi) is 7.26. The number of phenolic OH excluding ortho intramolecular Hbond substituents is 1.